The third kappa shape index (κ3) is 6.56. The molecule has 122 valence electrons. The van der Waals surface area contributed by atoms with Crippen LogP contribution in [-0.4, -0.2) is 77.7 Å². The molecule has 0 radical (unpaired) electrons. The third-order valence-corrected chi connectivity index (χ3v) is 4.50. The molecule has 1 rings (SSSR count). The van der Waals surface area contributed by atoms with Gasteiger partial charge in [0.1, 0.15) is 6.04 Å². The molecule has 0 aromatic heterocycles. The Morgan fingerprint density at radius 2 is 1.86 bits per heavy atom. The highest BCUT2D eigenvalue weighted by Crippen LogP contribution is 2.07. The molecule has 7 heteroatoms. The highest BCUT2D eigenvalue weighted by molar-refractivity contribution is 7.98. The van der Waals surface area contributed by atoms with Gasteiger partial charge < -0.3 is 15.3 Å². The van der Waals surface area contributed by atoms with E-state index in [0.717, 1.165) is 19.4 Å². The lowest BCUT2D eigenvalue weighted by Crippen LogP contribution is -2.55. The number of carboxylic acids is 1. The Balaban J connectivity index is 2.15. The summed E-state index contributed by atoms with van der Waals surface area (Å²) in [6, 6.07) is -0.505. The van der Waals surface area contributed by atoms with Gasteiger partial charge in [0.05, 0.1) is 0 Å². The van der Waals surface area contributed by atoms with Crippen LogP contribution < -0.4 is 5.32 Å². The summed E-state index contributed by atoms with van der Waals surface area (Å²) < 4.78 is 0. The average Bonchev–Trinajstić information content (AvgIpc) is 2.49. The molecular formula is C14H27N3O3S. The number of carbonyl (C=O) groups is 2. The van der Waals surface area contributed by atoms with Gasteiger partial charge in [-0.25, -0.2) is 4.79 Å². The molecule has 0 spiro atoms. The van der Waals surface area contributed by atoms with E-state index in [1.807, 2.05) is 16.7 Å². The summed E-state index contributed by atoms with van der Waals surface area (Å²) in [6.45, 7) is 4.83. The molecule has 1 atom stereocenters. The Hall–Kier alpha value is -0.950. The fraction of sp³-hybridized carbons (Fsp3) is 0.857. The maximum Gasteiger partial charge on any atom is 0.320 e. The van der Waals surface area contributed by atoms with Gasteiger partial charge in [-0.2, -0.15) is 11.8 Å². The monoisotopic (exact) mass is 317 g/mol. The van der Waals surface area contributed by atoms with Crippen LogP contribution in [0.25, 0.3) is 0 Å². The van der Waals surface area contributed by atoms with Gasteiger partial charge in [-0.15, -0.1) is 0 Å². The van der Waals surface area contributed by atoms with Crippen molar-refractivity contribution in [1.82, 2.24) is 15.1 Å². The quantitative estimate of drug-likeness (QED) is 0.661. The number of nitrogens with one attached hydrogen (secondary N) is 1. The Morgan fingerprint density at radius 1 is 1.19 bits per heavy atom. The standard InChI is InChI=1S/C14H27N3O3S/c1-12(13(18)19)16-7-9-17(10-8-16)14(20)15-6-4-3-5-11-21-2/h12H,3-11H2,1-2H3,(H,15,20)(H,18,19). The van der Waals surface area contributed by atoms with Crippen LogP contribution in [0, 0.1) is 0 Å². The number of carbonyl (C=O) groups excluding carboxylic acids is 1. The molecule has 0 bridgehead atoms. The van der Waals surface area contributed by atoms with E-state index in [4.69, 9.17) is 5.11 Å². The van der Waals surface area contributed by atoms with Gasteiger partial charge >= 0.3 is 12.0 Å². The van der Waals surface area contributed by atoms with E-state index >= 15 is 0 Å². The van der Waals surface area contributed by atoms with Crippen molar-refractivity contribution in [2.75, 3.05) is 44.7 Å². The van der Waals surface area contributed by atoms with Gasteiger partial charge in [-0.1, -0.05) is 6.42 Å². The van der Waals surface area contributed by atoms with Crippen LogP contribution in [0.15, 0.2) is 0 Å². The van der Waals surface area contributed by atoms with E-state index < -0.39 is 12.0 Å². The van der Waals surface area contributed by atoms with E-state index in [1.54, 1.807) is 11.8 Å². The minimum Gasteiger partial charge on any atom is -0.480 e. The third-order valence-electron chi connectivity index (χ3n) is 3.81. The van der Waals surface area contributed by atoms with Gasteiger partial charge in [0.2, 0.25) is 0 Å². The first-order chi connectivity index (χ1) is 10.1. The second-order valence-electron chi connectivity index (χ2n) is 5.32. The predicted octanol–water partition coefficient (Wildman–Crippen LogP) is 1.32. The molecular weight excluding hydrogens is 290 g/mol. The molecule has 1 fully saturated rings. The summed E-state index contributed by atoms with van der Waals surface area (Å²) >= 11 is 1.85. The second-order valence-corrected chi connectivity index (χ2v) is 6.31. The predicted molar refractivity (Wildman–Crippen MR) is 85.9 cm³/mol. The molecule has 1 aliphatic heterocycles. The van der Waals surface area contributed by atoms with E-state index in [0.29, 0.717) is 26.2 Å². The van der Waals surface area contributed by atoms with Crippen LogP contribution in [0.5, 0.6) is 0 Å². The topological polar surface area (TPSA) is 72.9 Å². The second kappa shape index (κ2) is 9.89. The molecule has 2 amide bonds. The summed E-state index contributed by atoms with van der Waals surface area (Å²) in [5.41, 5.74) is 0. The number of piperazine rings is 1. The number of nitrogens with zero attached hydrogens (tertiary/aromatic N) is 2. The number of aliphatic carboxylic acids is 1. The molecule has 0 aromatic rings. The molecule has 1 heterocycles. The van der Waals surface area contributed by atoms with Crippen LogP contribution in [0.4, 0.5) is 4.79 Å². The van der Waals surface area contributed by atoms with E-state index in [2.05, 4.69) is 11.6 Å². The lowest BCUT2D eigenvalue weighted by molar-refractivity contribution is -0.143. The molecule has 0 saturated carbocycles. The van der Waals surface area contributed by atoms with Gasteiger partial charge in [0, 0.05) is 32.7 Å². The molecule has 21 heavy (non-hydrogen) atoms. The first-order valence-corrected chi connectivity index (χ1v) is 8.94. The summed E-state index contributed by atoms with van der Waals surface area (Å²) in [7, 11) is 0. The minimum atomic E-state index is -0.807. The summed E-state index contributed by atoms with van der Waals surface area (Å²) in [5.74, 6) is 0.371. The molecule has 1 saturated heterocycles. The van der Waals surface area contributed by atoms with Crippen LogP contribution in [0.3, 0.4) is 0 Å². The SMILES string of the molecule is CSCCCCCNC(=O)N1CCN(C(C)C(=O)O)CC1. The summed E-state index contributed by atoms with van der Waals surface area (Å²) in [5, 5.41) is 11.9. The lowest BCUT2D eigenvalue weighted by atomic mass is 10.2. The largest absolute Gasteiger partial charge is 0.480 e. The molecule has 1 unspecified atom stereocenters. The molecule has 2 N–H and O–H groups in total. The summed E-state index contributed by atoms with van der Waals surface area (Å²) in [6.07, 6.45) is 5.46. The van der Waals surface area contributed by atoms with Crippen LogP contribution in [0.2, 0.25) is 0 Å². The van der Waals surface area contributed by atoms with Crippen molar-refractivity contribution in [3.05, 3.63) is 0 Å². The number of hydrogen-bond donors (Lipinski definition) is 2. The van der Waals surface area contributed by atoms with E-state index in [9.17, 15) is 9.59 Å². The first-order valence-electron chi connectivity index (χ1n) is 7.55. The van der Waals surface area contributed by atoms with Crippen LogP contribution in [-0.2, 0) is 4.79 Å². The van der Waals surface area contributed by atoms with Gasteiger partial charge in [0.15, 0.2) is 0 Å². The van der Waals surface area contributed by atoms with Gasteiger partial charge in [0.25, 0.3) is 0 Å². The Morgan fingerprint density at radius 3 is 2.43 bits per heavy atom. The maximum atomic E-state index is 12.0. The highest BCUT2D eigenvalue weighted by atomic mass is 32.2. The van der Waals surface area contributed by atoms with Crippen LogP contribution in [0.1, 0.15) is 26.2 Å². The van der Waals surface area contributed by atoms with Crippen molar-refractivity contribution < 1.29 is 14.7 Å². The number of urea groups is 1. The fourth-order valence-corrected chi connectivity index (χ4v) is 2.82. The van der Waals surface area contributed by atoms with E-state index in [-0.39, 0.29) is 6.03 Å². The van der Waals surface area contributed by atoms with Crippen molar-refractivity contribution in [2.45, 2.75) is 32.2 Å². The summed E-state index contributed by atoms with van der Waals surface area (Å²) in [4.78, 5) is 26.6. The Bertz CT molecular complexity index is 333. The number of rotatable bonds is 8. The zero-order valence-corrected chi connectivity index (χ0v) is 13.8. The number of amides is 2. The highest BCUT2D eigenvalue weighted by Gasteiger charge is 2.26. The Kier molecular flexibility index (Phi) is 8.52. The molecule has 0 aromatic carbocycles. The first kappa shape index (κ1) is 18.1. The zero-order chi connectivity index (χ0) is 15.7. The maximum absolute atomic E-state index is 12.0. The number of unbranched alkanes of at least 4 members (excludes halogenated alkanes) is 2. The van der Waals surface area contributed by atoms with Crippen LogP contribution >= 0.6 is 11.8 Å². The van der Waals surface area contributed by atoms with E-state index in [1.165, 1.54) is 12.2 Å². The molecule has 1 aliphatic rings. The number of thioether (sulfide) groups is 1. The van der Waals surface area contributed by atoms with Gasteiger partial charge in [-0.3, -0.25) is 9.69 Å². The van der Waals surface area contributed by atoms with Crippen molar-refractivity contribution in [3.63, 3.8) is 0 Å². The minimum absolute atomic E-state index is 0.0255. The Labute approximate surface area is 131 Å². The molecule has 6 nitrogen and oxygen atoms in total. The smallest absolute Gasteiger partial charge is 0.320 e. The van der Waals surface area contributed by atoms with Crippen molar-refractivity contribution in [2.24, 2.45) is 0 Å². The zero-order valence-electron chi connectivity index (χ0n) is 13.0. The normalized spacial score (nSPS) is 17.5. The van der Waals surface area contributed by atoms with Crippen molar-refractivity contribution in [3.8, 4) is 0 Å². The lowest BCUT2D eigenvalue weighted by Gasteiger charge is -2.36. The number of hydrogen-bond acceptors (Lipinski definition) is 4. The molecule has 0 aliphatic carbocycles. The fourth-order valence-electron chi connectivity index (χ4n) is 2.32. The average molecular weight is 317 g/mol. The van der Waals surface area contributed by atoms with Crippen molar-refractivity contribution >= 4 is 23.8 Å². The van der Waals surface area contributed by atoms with Crippen molar-refractivity contribution in [1.29, 1.82) is 0 Å². The van der Waals surface area contributed by atoms with Gasteiger partial charge in [-0.05, 0) is 31.8 Å². The number of carboxylic acid groups (broad SMARTS) is 1.